The molecular weight excluding hydrogens is 224 g/mol. The maximum Gasteiger partial charge on any atom is 0.101 e. The van der Waals surface area contributed by atoms with Crippen LogP contribution in [0, 0.1) is 18.3 Å². The van der Waals surface area contributed by atoms with E-state index < -0.39 is 0 Å². The van der Waals surface area contributed by atoms with Crippen LogP contribution in [0.3, 0.4) is 0 Å². The van der Waals surface area contributed by atoms with Gasteiger partial charge in [-0.1, -0.05) is 6.07 Å². The average Bonchev–Trinajstić information content (AvgIpc) is 2.39. The minimum atomic E-state index is 0.488. The molecule has 0 bridgehead atoms. The highest BCUT2D eigenvalue weighted by Crippen LogP contribution is 2.17. The van der Waals surface area contributed by atoms with Gasteiger partial charge in [0.15, 0.2) is 0 Å². The number of hydrogen-bond donors (Lipinski definition) is 2. The van der Waals surface area contributed by atoms with E-state index in [2.05, 4.69) is 16.4 Å². The molecule has 1 aromatic carbocycles. The van der Waals surface area contributed by atoms with Gasteiger partial charge in [0.05, 0.1) is 5.56 Å². The predicted molar refractivity (Wildman–Crippen MR) is 71.9 cm³/mol. The Balaban J connectivity index is 2.06. The number of nitrogens with one attached hydrogen (secondary N) is 1. The summed E-state index contributed by atoms with van der Waals surface area (Å²) in [6, 6.07) is 11.4. The van der Waals surface area contributed by atoms with Crippen molar-refractivity contribution in [2.75, 3.05) is 11.1 Å². The first-order valence-electron chi connectivity index (χ1n) is 5.64. The highest BCUT2D eigenvalue weighted by atomic mass is 14.9. The Kier molecular flexibility index (Phi) is 3.44. The number of rotatable bonds is 3. The maximum absolute atomic E-state index is 8.89. The van der Waals surface area contributed by atoms with Crippen molar-refractivity contribution < 1.29 is 0 Å². The molecule has 0 spiro atoms. The van der Waals surface area contributed by atoms with Gasteiger partial charge in [0.25, 0.3) is 0 Å². The van der Waals surface area contributed by atoms with Gasteiger partial charge in [-0.25, -0.2) is 0 Å². The second kappa shape index (κ2) is 5.19. The van der Waals surface area contributed by atoms with Crippen LogP contribution in [0.2, 0.25) is 0 Å². The average molecular weight is 238 g/mol. The molecule has 0 amide bonds. The number of aromatic nitrogens is 1. The van der Waals surface area contributed by atoms with E-state index in [0.717, 1.165) is 16.9 Å². The Labute approximate surface area is 106 Å². The maximum atomic E-state index is 8.89. The first-order chi connectivity index (χ1) is 8.69. The summed E-state index contributed by atoms with van der Waals surface area (Å²) in [7, 11) is 0. The second-order valence-corrected chi connectivity index (χ2v) is 4.08. The van der Waals surface area contributed by atoms with Crippen molar-refractivity contribution in [1.29, 1.82) is 5.26 Å². The molecule has 0 saturated heterocycles. The number of anilines is 2. The number of nitriles is 1. The van der Waals surface area contributed by atoms with Crippen molar-refractivity contribution >= 4 is 11.4 Å². The van der Waals surface area contributed by atoms with Gasteiger partial charge in [0.1, 0.15) is 6.07 Å². The van der Waals surface area contributed by atoms with Crippen molar-refractivity contribution in [3.05, 3.63) is 53.3 Å². The Hall–Kier alpha value is -2.54. The number of nitrogens with two attached hydrogens (primary N) is 1. The first kappa shape index (κ1) is 11.9. The number of benzene rings is 1. The molecule has 3 N–H and O–H groups in total. The SMILES string of the molecule is Cc1ccc(CNc2ccc(N)c(C#N)c2)cn1. The van der Waals surface area contributed by atoms with Crippen LogP contribution in [-0.2, 0) is 6.54 Å². The molecule has 0 atom stereocenters. The Bertz CT molecular complexity index is 582. The molecule has 1 aromatic heterocycles. The van der Waals surface area contributed by atoms with E-state index >= 15 is 0 Å². The topological polar surface area (TPSA) is 74.7 Å². The van der Waals surface area contributed by atoms with Crippen LogP contribution in [0.1, 0.15) is 16.8 Å². The molecule has 0 saturated carbocycles. The molecule has 0 fully saturated rings. The smallest absolute Gasteiger partial charge is 0.101 e. The number of pyridine rings is 1. The highest BCUT2D eigenvalue weighted by molar-refractivity contribution is 5.61. The molecule has 4 nitrogen and oxygen atoms in total. The van der Waals surface area contributed by atoms with Gasteiger partial charge >= 0.3 is 0 Å². The Morgan fingerprint density at radius 3 is 2.83 bits per heavy atom. The van der Waals surface area contributed by atoms with E-state index in [1.807, 2.05) is 31.3 Å². The number of nitrogens with zero attached hydrogens (tertiary/aromatic N) is 2. The third-order valence-electron chi connectivity index (χ3n) is 2.64. The lowest BCUT2D eigenvalue weighted by molar-refractivity contribution is 1.08. The zero-order chi connectivity index (χ0) is 13.0. The molecule has 0 aliphatic carbocycles. The molecule has 1 heterocycles. The summed E-state index contributed by atoms with van der Waals surface area (Å²) in [5.41, 5.74) is 9.62. The van der Waals surface area contributed by atoms with Crippen molar-refractivity contribution in [2.45, 2.75) is 13.5 Å². The zero-order valence-electron chi connectivity index (χ0n) is 10.1. The largest absolute Gasteiger partial charge is 0.398 e. The van der Waals surface area contributed by atoms with Gasteiger partial charge in [-0.3, -0.25) is 4.98 Å². The summed E-state index contributed by atoms with van der Waals surface area (Å²) in [4.78, 5) is 4.23. The lowest BCUT2D eigenvalue weighted by Gasteiger charge is -2.07. The molecule has 4 heteroatoms. The predicted octanol–water partition coefficient (Wildman–Crippen LogP) is 2.46. The Morgan fingerprint density at radius 2 is 2.17 bits per heavy atom. The van der Waals surface area contributed by atoms with Gasteiger partial charge < -0.3 is 11.1 Å². The third kappa shape index (κ3) is 2.77. The Morgan fingerprint density at radius 1 is 1.33 bits per heavy atom. The van der Waals surface area contributed by atoms with E-state index in [0.29, 0.717) is 17.8 Å². The van der Waals surface area contributed by atoms with Crippen LogP contribution in [0.25, 0.3) is 0 Å². The van der Waals surface area contributed by atoms with Crippen molar-refractivity contribution in [3.63, 3.8) is 0 Å². The summed E-state index contributed by atoms with van der Waals surface area (Å²) in [6.45, 7) is 2.62. The van der Waals surface area contributed by atoms with Crippen LogP contribution in [-0.4, -0.2) is 4.98 Å². The molecule has 0 unspecified atom stereocenters. The van der Waals surface area contributed by atoms with E-state index in [1.54, 1.807) is 12.1 Å². The molecule has 2 rings (SSSR count). The molecule has 0 aliphatic heterocycles. The lowest BCUT2D eigenvalue weighted by Crippen LogP contribution is -2.01. The quantitative estimate of drug-likeness (QED) is 0.805. The van der Waals surface area contributed by atoms with Gasteiger partial charge in [-0.05, 0) is 36.8 Å². The van der Waals surface area contributed by atoms with E-state index in [1.165, 1.54) is 0 Å². The van der Waals surface area contributed by atoms with Crippen molar-refractivity contribution in [1.82, 2.24) is 4.98 Å². The molecule has 0 aliphatic rings. The van der Waals surface area contributed by atoms with Crippen LogP contribution in [0.4, 0.5) is 11.4 Å². The fraction of sp³-hybridized carbons (Fsp3) is 0.143. The highest BCUT2D eigenvalue weighted by Gasteiger charge is 2.00. The molecular formula is C14H14N4. The summed E-state index contributed by atoms with van der Waals surface area (Å²) >= 11 is 0. The van der Waals surface area contributed by atoms with Crippen LogP contribution < -0.4 is 11.1 Å². The fourth-order valence-corrected chi connectivity index (χ4v) is 1.57. The summed E-state index contributed by atoms with van der Waals surface area (Å²) in [5.74, 6) is 0. The molecule has 2 aromatic rings. The van der Waals surface area contributed by atoms with Crippen molar-refractivity contribution in [2.24, 2.45) is 0 Å². The monoisotopic (exact) mass is 238 g/mol. The van der Waals surface area contributed by atoms with Gasteiger partial charge in [-0.2, -0.15) is 5.26 Å². The van der Waals surface area contributed by atoms with Gasteiger partial charge in [-0.15, -0.1) is 0 Å². The summed E-state index contributed by atoms with van der Waals surface area (Å²) in [5, 5.41) is 12.1. The standard InChI is InChI=1S/C14H14N4/c1-10-2-3-11(8-17-10)9-18-13-4-5-14(16)12(6-13)7-15/h2-6,8,18H,9,16H2,1H3. The van der Waals surface area contributed by atoms with Crippen LogP contribution >= 0.6 is 0 Å². The number of hydrogen-bond acceptors (Lipinski definition) is 4. The van der Waals surface area contributed by atoms with E-state index in [9.17, 15) is 0 Å². The van der Waals surface area contributed by atoms with Gasteiger partial charge in [0.2, 0.25) is 0 Å². The zero-order valence-corrected chi connectivity index (χ0v) is 10.1. The second-order valence-electron chi connectivity index (χ2n) is 4.08. The fourth-order valence-electron chi connectivity index (χ4n) is 1.57. The number of nitrogen functional groups attached to an aromatic ring is 1. The normalized spacial score (nSPS) is 9.78. The van der Waals surface area contributed by atoms with Crippen LogP contribution in [0.15, 0.2) is 36.5 Å². The first-order valence-corrected chi connectivity index (χ1v) is 5.64. The van der Waals surface area contributed by atoms with E-state index in [-0.39, 0.29) is 0 Å². The molecule has 90 valence electrons. The van der Waals surface area contributed by atoms with Gasteiger partial charge in [0, 0.05) is 29.8 Å². The molecule has 18 heavy (non-hydrogen) atoms. The van der Waals surface area contributed by atoms with Crippen LogP contribution in [0.5, 0.6) is 0 Å². The lowest BCUT2D eigenvalue weighted by atomic mass is 10.1. The molecule has 0 radical (unpaired) electrons. The van der Waals surface area contributed by atoms with Crippen molar-refractivity contribution in [3.8, 4) is 6.07 Å². The third-order valence-corrected chi connectivity index (χ3v) is 2.64. The van der Waals surface area contributed by atoms with E-state index in [4.69, 9.17) is 11.0 Å². The summed E-state index contributed by atoms with van der Waals surface area (Å²) in [6.07, 6.45) is 1.84. The minimum Gasteiger partial charge on any atom is -0.398 e. The summed E-state index contributed by atoms with van der Waals surface area (Å²) < 4.78 is 0. The minimum absolute atomic E-state index is 0.488. The number of aryl methyl sites for hydroxylation is 1.